The first kappa shape index (κ1) is 23.7. The van der Waals surface area contributed by atoms with Gasteiger partial charge in [-0.05, 0) is 48.7 Å². The molecule has 0 saturated carbocycles. The third-order valence-electron chi connectivity index (χ3n) is 4.36. The van der Waals surface area contributed by atoms with E-state index in [0.29, 0.717) is 0 Å². The van der Waals surface area contributed by atoms with Crippen molar-refractivity contribution in [2.24, 2.45) is 0 Å². The predicted octanol–water partition coefficient (Wildman–Crippen LogP) is 8.34. The van der Waals surface area contributed by atoms with Gasteiger partial charge in [-0.2, -0.15) is 23.5 Å². The monoisotopic (exact) mass is 360 g/mol. The molecule has 0 unspecified atom stereocenters. The molecule has 0 aromatic carbocycles. The number of hydrogen-bond acceptors (Lipinski definition) is 2. The summed E-state index contributed by atoms with van der Waals surface area (Å²) in [5.74, 6) is 5.56. The maximum Gasteiger partial charge on any atom is -0.00675 e. The van der Waals surface area contributed by atoms with Gasteiger partial charge in [0.2, 0.25) is 0 Å². The summed E-state index contributed by atoms with van der Waals surface area (Å²) in [6.45, 7) is 4.57. The summed E-state index contributed by atoms with van der Waals surface area (Å²) < 4.78 is 0. The van der Waals surface area contributed by atoms with E-state index in [9.17, 15) is 0 Å². The summed E-state index contributed by atoms with van der Waals surface area (Å²) in [5, 5.41) is 0. The highest BCUT2D eigenvalue weighted by Crippen LogP contribution is 2.14. The summed E-state index contributed by atoms with van der Waals surface area (Å²) in [6.07, 6.45) is 21.7. The van der Waals surface area contributed by atoms with E-state index in [1.807, 2.05) is 0 Å². The molecule has 0 heterocycles. The van der Waals surface area contributed by atoms with Crippen LogP contribution < -0.4 is 0 Å². The second-order valence-corrected chi connectivity index (χ2v) is 9.27. The predicted molar refractivity (Wildman–Crippen MR) is 115 cm³/mol. The summed E-state index contributed by atoms with van der Waals surface area (Å²) in [5.41, 5.74) is 0. The molecule has 0 atom stereocenters. The quantitative estimate of drug-likeness (QED) is 0.200. The highest BCUT2D eigenvalue weighted by atomic mass is 32.2. The van der Waals surface area contributed by atoms with Gasteiger partial charge in [0.25, 0.3) is 0 Å². The summed E-state index contributed by atoms with van der Waals surface area (Å²) in [7, 11) is 0. The van der Waals surface area contributed by atoms with Crippen LogP contribution in [-0.4, -0.2) is 23.0 Å². The Bertz CT molecular complexity index is 174. The maximum absolute atomic E-state index is 2.29. The summed E-state index contributed by atoms with van der Waals surface area (Å²) in [4.78, 5) is 0. The van der Waals surface area contributed by atoms with E-state index in [-0.39, 0.29) is 0 Å². The second kappa shape index (κ2) is 22.7. The average Bonchev–Trinajstić information content (AvgIpc) is 2.57. The van der Waals surface area contributed by atoms with Crippen LogP contribution in [0, 0.1) is 0 Å². The van der Waals surface area contributed by atoms with E-state index in [0.717, 1.165) is 0 Å². The topological polar surface area (TPSA) is 0 Å². The zero-order chi connectivity index (χ0) is 16.8. The second-order valence-electron chi connectivity index (χ2n) is 6.82. The van der Waals surface area contributed by atoms with Gasteiger partial charge in [-0.1, -0.05) is 84.5 Å². The van der Waals surface area contributed by atoms with Crippen molar-refractivity contribution in [3.05, 3.63) is 0 Å². The van der Waals surface area contributed by atoms with Crippen LogP contribution in [0.3, 0.4) is 0 Å². The Hall–Kier alpha value is 0.700. The molecule has 0 spiro atoms. The van der Waals surface area contributed by atoms with E-state index in [1.165, 1.54) is 119 Å². The normalized spacial score (nSPS) is 11.2. The lowest BCUT2D eigenvalue weighted by Gasteiger charge is -2.04. The minimum Gasteiger partial charge on any atom is -0.162 e. The lowest BCUT2D eigenvalue weighted by Crippen LogP contribution is -1.86. The minimum absolute atomic E-state index is 1.35. The van der Waals surface area contributed by atoms with Crippen LogP contribution in [0.4, 0.5) is 0 Å². The smallest absolute Gasteiger partial charge is 0.00675 e. The number of hydrogen-bond donors (Lipinski definition) is 0. The van der Waals surface area contributed by atoms with Gasteiger partial charge in [-0.3, -0.25) is 0 Å². The van der Waals surface area contributed by atoms with Crippen LogP contribution in [0.5, 0.6) is 0 Å². The Balaban J connectivity index is 2.92. The van der Waals surface area contributed by atoms with Crippen LogP contribution in [0.15, 0.2) is 0 Å². The maximum atomic E-state index is 2.29. The molecule has 0 radical (unpaired) electrons. The first-order valence-corrected chi connectivity index (χ1v) is 12.9. The zero-order valence-corrected chi connectivity index (χ0v) is 17.9. The molecule has 0 rings (SSSR count). The van der Waals surface area contributed by atoms with Crippen molar-refractivity contribution >= 4 is 23.5 Å². The molecule has 0 N–H and O–H groups in total. The fourth-order valence-electron chi connectivity index (χ4n) is 2.70. The molecule has 0 bridgehead atoms. The first-order valence-electron chi connectivity index (χ1n) is 10.6. The molecule has 0 saturated heterocycles. The summed E-state index contributed by atoms with van der Waals surface area (Å²) in [6, 6.07) is 0. The lowest BCUT2D eigenvalue weighted by molar-refractivity contribution is 0.555. The van der Waals surface area contributed by atoms with Crippen molar-refractivity contribution in [1.29, 1.82) is 0 Å². The molecule has 0 aliphatic heterocycles. The molecule has 2 heteroatoms. The van der Waals surface area contributed by atoms with Crippen LogP contribution in [0.1, 0.15) is 110 Å². The van der Waals surface area contributed by atoms with Gasteiger partial charge < -0.3 is 0 Å². The molecule has 0 nitrogen and oxygen atoms in total. The van der Waals surface area contributed by atoms with Crippen LogP contribution >= 0.6 is 23.5 Å². The van der Waals surface area contributed by atoms with E-state index in [2.05, 4.69) is 37.4 Å². The number of rotatable bonds is 20. The molecular formula is C21H44S2. The Morgan fingerprint density at radius 1 is 0.348 bits per heavy atom. The van der Waals surface area contributed by atoms with Gasteiger partial charge in [-0.25, -0.2) is 0 Å². The molecule has 140 valence electrons. The van der Waals surface area contributed by atoms with E-state index in [4.69, 9.17) is 0 Å². The standard InChI is InChI=1S/C21H44S2/c1-3-5-18-22-20-16-14-12-10-8-7-9-11-13-15-17-21-23-19-6-4-2/h3-21H2,1-2H3. The van der Waals surface area contributed by atoms with Crippen molar-refractivity contribution in [2.45, 2.75) is 110 Å². The van der Waals surface area contributed by atoms with Crippen LogP contribution in [0.25, 0.3) is 0 Å². The number of unbranched alkanes of at least 4 members (excludes halogenated alkanes) is 12. The molecule has 0 aliphatic rings. The highest BCUT2D eigenvalue weighted by Gasteiger charge is 1.95. The molecule has 0 aromatic heterocycles. The fourth-order valence-corrected chi connectivity index (χ4v) is 4.91. The van der Waals surface area contributed by atoms with Crippen molar-refractivity contribution in [3.63, 3.8) is 0 Å². The highest BCUT2D eigenvalue weighted by molar-refractivity contribution is 7.99. The van der Waals surface area contributed by atoms with Crippen LogP contribution in [0.2, 0.25) is 0 Å². The Morgan fingerprint density at radius 2 is 0.609 bits per heavy atom. The van der Waals surface area contributed by atoms with Crippen LogP contribution in [-0.2, 0) is 0 Å². The van der Waals surface area contributed by atoms with Gasteiger partial charge in [0.05, 0.1) is 0 Å². The molecule has 0 aliphatic carbocycles. The largest absolute Gasteiger partial charge is 0.162 e. The molecule has 0 amide bonds. The summed E-state index contributed by atoms with van der Waals surface area (Å²) >= 11 is 4.33. The lowest BCUT2D eigenvalue weighted by atomic mass is 10.1. The fraction of sp³-hybridized carbons (Fsp3) is 1.00. The van der Waals surface area contributed by atoms with Crippen molar-refractivity contribution in [3.8, 4) is 0 Å². The van der Waals surface area contributed by atoms with Crippen molar-refractivity contribution < 1.29 is 0 Å². The van der Waals surface area contributed by atoms with Gasteiger partial charge in [-0.15, -0.1) is 0 Å². The van der Waals surface area contributed by atoms with Gasteiger partial charge in [0, 0.05) is 0 Å². The van der Waals surface area contributed by atoms with Crippen molar-refractivity contribution in [2.75, 3.05) is 23.0 Å². The van der Waals surface area contributed by atoms with E-state index < -0.39 is 0 Å². The zero-order valence-electron chi connectivity index (χ0n) is 16.3. The Labute approximate surface area is 156 Å². The molecule has 0 fully saturated rings. The molecular weight excluding hydrogens is 316 g/mol. The van der Waals surface area contributed by atoms with E-state index >= 15 is 0 Å². The Kier molecular flexibility index (Phi) is 23.4. The molecule has 0 aromatic rings. The third kappa shape index (κ3) is 22.7. The van der Waals surface area contributed by atoms with E-state index in [1.54, 1.807) is 0 Å². The van der Waals surface area contributed by atoms with Gasteiger partial charge >= 0.3 is 0 Å². The molecule has 23 heavy (non-hydrogen) atoms. The average molecular weight is 361 g/mol. The SMILES string of the molecule is CCCCSCCCCCCCCCCCCCSCCCC. The van der Waals surface area contributed by atoms with Gasteiger partial charge in [0.1, 0.15) is 0 Å². The Morgan fingerprint density at radius 3 is 0.913 bits per heavy atom. The van der Waals surface area contributed by atoms with Crippen molar-refractivity contribution in [1.82, 2.24) is 0 Å². The van der Waals surface area contributed by atoms with Gasteiger partial charge in [0.15, 0.2) is 0 Å². The first-order chi connectivity index (χ1) is 11.4. The minimum atomic E-state index is 1.35. The third-order valence-corrected chi connectivity index (χ3v) is 6.67. The number of thioether (sulfide) groups is 2.